The minimum absolute atomic E-state index is 0.340. The highest BCUT2D eigenvalue weighted by molar-refractivity contribution is 7.87. The third kappa shape index (κ3) is 7.79. The zero-order valence-electron chi connectivity index (χ0n) is 10.2. The van der Waals surface area contributed by atoms with Crippen molar-refractivity contribution < 1.29 is 12.6 Å². The predicted molar refractivity (Wildman–Crippen MR) is 63.4 cm³/mol. The summed E-state index contributed by atoms with van der Waals surface area (Å²) in [7, 11) is -3.30. The summed E-state index contributed by atoms with van der Waals surface area (Å²) in [5, 5.41) is -0.433. The fourth-order valence-corrected chi connectivity index (χ4v) is 1.82. The molecular formula is C11H24O3S. The van der Waals surface area contributed by atoms with Crippen LogP contribution in [-0.4, -0.2) is 20.3 Å². The van der Waals surface area contributed by atoms with E-state index >= 15 is 0 Å². The van der Waals surface area contributed by atoms with Gasteiger partial charge in [-0.3, -0.25) is 4.18 Å². The first-order valence-corrected chi connectivity index (χ1v) is 7.36. The van der Waals surface area contributed by atoms with Gasteiger partial charge in [0, 0.05) is 0 Å². The Bertz CT molecular complexity index is 232. The van der Waals surface area contributed by atoms with E-state index in [9.17, 15) is 8.42 Å². The zero-order valence-corrected chi connectivity index (χ0v) is 11.0. The van der Waals surface area contributed by atoms with Crippen LogP contribution in [0.2, 0.25) is 0 Å². The largest absolute Gasteiger partial charge is 0.270 e. The molecular weight excluding hydrogens is 212 g/mol. The molecule has 0 amide bonds. The minimum atomic E-state index is -3.30. The van der Waals surface area contributed by atoms with E-state index in [1.165, 1.54) is 25.7 Å². The molecule has 0 rings (SSSR count). The maximum absolute atomic E-state index is 11.2. The minimum Gasteiger partial charge on any atom is -0.270 e. The fourth-order valence-electron chi connectivity index (χ4n) is 1.19. The van der Waals surface area contributed by atoms with Crippen LogP contribution in [0, 0.1) is 0 Å². The Balaban J connectivity index is 3.39. The summed E-state index contributed by atoms with van der Waals surface area (Å²) in [6, 6.07) is 0. The van der Waals surface area contributed by atoms with Crippen LogP contribution in [0.25, 0.3) is 0 Å². The third-order valence-corrected chi connectivity index (χ3v) is 3.97. The normalized spacial score (nSPS) is 12.3. The van der Waals surface area contributed by atoms with E-state index in [4.69, 9.17) is 4.18 Å². The quantitative estimate of drug-likeness (QED) is 0.456. The maximum Gasteiger partial charge on any atom is 0.269 e. The molecule has 15 heavy (non-hydrogen) atoms. The Labute approximate surface area is 94.3 Å². The van der Waals surface area contributed by atoms with Gasteiger partial charge in [0.25, 0.3) is 10.1 Å². The van der Waals surface area contributed by atoms with Crippen LogP contribution in [0.15, 0.2) is 0 Å². The molecule has 0 aliphatic rings. The van der Waals surface area contributed by atoms with Gasteiger partial charge in [0.05, 0.1) is 11.9 Å². The Morgan fingerprint density at radius 1 is 1.00 bits per heavy atom. The molecule has 0 fully saturated rings. The first kappa shape index (κ1) is 14.9. The SMILES string of the molecule is CCCCCCCCOS(=O)(=O)C(C)C. The van der Waals surface area contributed by atoms with E-state index in [1.54, 1.807) is 13.8 Å². The molecule has 0 aliphatic carbocycles. The maximum atomic E-state index is 11.2. The van der Waals surface area contributed by atoms with Crippen molar-refractivity contribution in [1.82, 2.24) is 0 Å². The van der Waals surface area contributed by atoms with Crippen molar-refractivity contribution in [3.05, 3.63) is 0 Å². The van der Waals surface area contributed by atoms with Crippen molar-refractivity contribution in [3.8, 4) is 0 Å². The van der Waals surface area contributed by atoms with Crippen LogP contribution < -0.4 is 0 Å². The second-order valence-electron chi connectivity index (χ2n) is 4.13. The lowest BCUT2D eigenvalue weighted by Crippen LogP contribution is -2.17. The van der Waals surface area contributed by atoms with Crippen LogP contribution >= 0.6 is 0 Å². The molecule has 3 nitrogen and oxygen atoms in total. The van der Waals surface area contributed by atoms with Crippen molar-refractivity contribution in [2.45, 2.75) is 64.5 Å². The standard InChI is InChI=1S/C11H24O3S/c1-4-5-6-7-8-9-10-14-15(12,13)11(2)3/h11H,4-10H2,1-3H3. The first-order valence-electron chi connectivity index (χ1n) is 5.89. The molecule has 0 N–H and O–H groups in total. The van der Waals surface area contributed by atoms with E-state index in [0.29, 0.717) is 6.61 Å². The molecule has 0 spiro atoms. The Morgan fingerprint density at radius 2 is 1.53 bits per heavy atom. The van der Waals surface area contributed by atoms with Gasteiger partial charge in [-0.25, -0.2) is 0 Å². The molecule has 0 bridgehead atoms. The van der Waals surface area contributed by atoms with Gasteiger partial charge in [0.15, 0.2) is 0 Å². The summed E-state index contributed by atoms with van der Waals surface area (Å²) in [5.74, 6) is 0. The summed E-state index contributed by atoms with van der Waals surface area (Å²) < 4.78 is 27.4. The van der Waals surface area contributed by atoms with Crippen molar-refractivity contribution in [2.24, 2.45) is 0 Å². The summed E-state index contributed by atoms with van der Waals surface area (Å²) in [5.41, 5.74) is 0. The van der Waals surface area contributed by atoms with E-state index in [0.717, 1.165) is 12.8 Å². The third-order valence-electron chi connectivity index (χ3n) is 2.32. The monoisotopic (exact) mass is 236 g/mol. The fraction of sp³-hybridized carbons (Fsp3) is 1.00. The predicted octanol–water partition coefficient (Wildman–Crippen LogP) is 3.10. The summed E-state index contributed by atoms with van der Waals surface area (Å²) in [6.07, 6.45) is 6.83. The van der Waals surface area contributed by atoms with E-state index in [-0.39, 0.29) is 0 Å². The van der Waals surface area contributed by atoms with E-state index in [1.807, 2.05) is 0 Å². The average molecular weight is 236 g/mol. The van der Waals surface area contributed by atoms with Gasteiger partial charge in [-0.15, -0.1) is 0 Å². The molecule has 0 aromatic carbocycles. The van der Waals surface area contributed by atoms with Crippen LogP contribution in [-0.2, 0) is 14.3 Å². The summed E-state index contributed by atoms with van der Waals surface area (Å²) >= 11 is 0. The molecule has 0 saturated carbocycles. The molecule has 0 aromatic heterocycles. The lowest BCUT2D eigenvalue weighted by Gasteiger charge is -2.07. The lowest BCUT2D eigenvalue weighted by atomic mass is 10.1. The van der Waals surface area contributed by atoms with E-state index < -0.39 is 15.4 Å². The summed E-state index contributed by atoms with van der Waals surface area (Å²) in [6.45, 7) is 5.79. The van der Waals surface area contributed by atoms with Crippen LogP contribution in [0.3, 0.4) is 0 Å². The van der Waals surface area contributed by atoms with Gasteiger partial charge in [-0.1, -0.05) is 39.0 Å². The smallest absolute Gasteiger partial charge is 0.269 e. The number of unbranched alkanes of at least 4 members (excludes halogenated alkanes) is 5. The van der Waals surface area contributed by atoms with E-state index in [2.05, 4.69) is 6.92 Å². The highest BCUT2D eigenvalue weighted by Crippen LogP contribution is 2.07. The summed E-state index contributed by atoms with van der Waals surface area (Å²) in [4.78, 5) is 0. The number of rotatable bonds is 9. The van der Waals surface area contributed by atoms with Gasteiger partial charge in [0.1, 0.15) is 0 Å². The Morgan fingerprint density at radius 3 is 2.07 bits per heavy atom. The van der Waals surface area contributed by atoms with Gasteiger partial charge in [-0.2, -0.15) is 8.42 Å². The topological polar surface area (TPSA) is 43.4 Å². The molecule has 0 radical (unpaired) electrons. The second-order valence-corrected chi connectivity index (χ2v) is 6.30. The molecule has 92 valence electrons. The molecule has 0 atom stereocenters. The molecule has 0 aromatic rings. The highest BCUT2D eigenvalue weighted by Gasteiger charge is 2.15. The second kappa shape index (κ2) is 8.11. The molecule has 0 heterocycles. The van der Waals surface area contributed by atoms with Crippen molar-refractivity contribution in [1.29, 1.82) is 0 Å². The van der Waals surface area contributed by atoms with Crippen LogP contribution in [0.1, 0.15) is 59.3 Å². The van der Waals surface area contributed by atoms with Gasteiger partial charge in [-0.05, 0) is 20.3 Å². The highest BCUT2D eigenvalue weighted by atomic mass is 32.2. The van der Waals surface area contributed by atoms with Crippen molar-refractivity contribution in [2.75, 3.05) is 6.61 Å². The van der Waals surface area contributed by atoms with Crippen molar-refractivity contribution in [3.63, 3.8) is 0 Å². The average Bonchev–Trinajstić information content (AvgIpc) is 2.16. The Kier molecular flexibility index (Phi) is 8.06. The first-order chi connectivity index (χ1) is 7.00. The van der Waals surface area contributed by atoms with Crippen LogP contribution in [0.4, 0.5) is 0 Å². The molecule has 0 unspecified atom stereocenters. The zero-order chi connectivity index (χ0) is 11.7. The van der Waals surface area contributed by atoms with Gasteiger partial charge >= 0.3 is 0 Å². The molecule has 0 aliphatic heterocycles. The van der Waals surface area contributed by atoms with Crippen molar-refractivity contribution >= 4 is 10.1 Å². The number of hydrogen-bond acceptors (Lipinski definition) is 3. The molecule has 0 saturated heterocycles. The van der Waals surface area contributed by atoms with Gasteiger partial charge in [0.2, 0.25) is 0 Å². The van der Waals surface area contributed by atoms with Crippen LogP contribution in [0.5, 0.6) is 0 Å². The number of hydrogen-bond donors (Lipinski definition) is 0. The molecule has 4 heteroatoms. The lowest BCUT2D eigenvalue weighted by molar-refractivity contribution is 0.302. The Hall–Kier alpha value is -0.0900. The van der Waals surface area contributed by atoms with Gasteiger partial charge < -0.3 is 0 Å².